The van der Waals surface area contributed by atoms with Gasteiger partial charge < -0.3 is 24.6 Å². The number of carbonyl (C=O) groups excluding carboxylic acids is 2. The highest BCUT2D eigenvalue weighted by molar-refractivity contribution is 6.00. The van der Waals surface area contributed by atoms with E-state index in [1.54, 1.807) is 19.1 Å². The standard InChI is InChI=1S/C24H35N5O7/c1-14(21(31)26-12-17(30)15-8-9-18(34-5)19(10-15)35-6)20(36-7)24(23(2,3)4)11-16(27-28-25)13-29(24)22(32)33/h8-10,14,16,20H,11-13H2,1-7H3,(H,26,31)(H,32,33)/t14-,16+,20-,24-/m1/s1. The van der Waals surface area contributed by atoms with Crippen LogP contribution in [0.15, 0.2) is 23.3 Å². The SMILES string of the molecule is COc1ccc(C(=O)CNC(=O)[C@H](C)[C@@H](OC)[C@@]2(C(C)(C)C)C[C@H](N=[N+]=[N-])CN2C(=O)O)cc1OC. The van der Waals surface area contributed by atoms with E-state index >= 15 is 0 Å². The molecule has 1 aromatic rings. The third kappa shape index (κ3) is 5.50. The molecular weight excluding hydrogens is 470 g/mol. The van der Waals surface area contributed by atoms with Gasteiger partial charge in [-0.1, -0.05) is 32.8 Å². The Balaban J connectivity index is 2.29. The van der Waals surface area contributed by atoms with Crippen molar-refractivity contribution in [2.45, 2.75) is 51.8 Å². The lowest BCUT2D eigenvalue weighted by atomic mass is 9.65. The lowest BCUT2D eigenvalue weighted by Gasteiger charge is -2.52. The number of hydrogen-bond donors (Lipinski definition) is 2. The van der Waals surface area contributed by atoms with Crippen molar-refractivity contribution in [3.05, 3.63) is 34.2 Å². The van der Waals surface area contributed by atoms with Crippen LogP contribution in [0.25, 0.3) is 10.4 Å². The van der Waals surface area contributed by atoms with Gasteiger partial charge in [0.2, 0.25) is 5.91 Å². The fourth-order valence-corrected chi connectivity index (χ4v) is 5.10. The number of benzene rings is 1. The van der Waals surface area contributed by atoms with Gasteiger partial charge in [0.05, 0.1) is 44.4 Å². The molecule has 12 heteroatoms. The molecule has 198 valence electrons. The normalized spacial score (nSPS) is 21.2. The highest BCUT2D eigenvalue weighted by Gasteiger charge is 2.61. The van der Waals surface area contributed by atoms with E-state index in [9.17, 15) is 19.5 Å². The van der Waals surface area contributed by atoms with E-state index in [1.807, 2.05) is 20.8 Å². The summed E-state index contributed by atoms with van der Waals surface area (Å²) in [5.41, 5.74) is 7.42. The number of ether oxygens (including phenoxy) is 3. The zero-order valence-corrected chi connectivity index (χ0v) is 21.8. The molecule has 0 aliphatic carbocycles. The largest absolute Gasteiger partial charge is 0.493 e. The van der Waals surface area contributed by atoms with Gasteiger partial charge in [0, 0.05) is 24.1 Å². The number of azide groups is 1. The van der Waals surface area contributed by atoms with Gasteiger partial charge in [-0.15, -0.1) is 0 Å². The predicted molar refractivity (Wildman–Crippen MR) is 131 cm³/mol. The number of Topliss-reactive ketones (excluding diaryl/α,β-unsaturated/α-hetero) is 1. The number of methoxy groups -OCH3 is 3. The van der Waals surface area contributed by atoms with Crippen LogP contribution in [0.1, 0.15) is 44.5 Å². The fraction of sp³-hybridized carbons (Fsp3) is 0.625. The van der Waals surface area contributed by atoms with Crippen LogP contribution in [0, 0.1) is 11.3 Å². The predicted octanol–water partition coefficient (Wildman–Crippen LogP) is 3.50. The molecule has 0 aromatic heterocycles. The minimum atomic E-state index is -1.20. The minimum absolute atomic E-state index is 0.0113. The molecule has 0 unspecified atom stereocenters. The lowest BCUT2D eigenvalue weighted by Crippen LogP contribution is -2.65. The number of carboxylic acid groups (broad SMARTS) is 1. The highest BCUT2D eigenvalue weighted by Crippen LogP contribution is 2.49. The van der Waals surface area contributed by atoms with Crippen LogP contribution in [0.4, 0.5) is 4.79 Å². The molecular formula is C24H35N5O7. The first-order valence-corrected chi connectivity index (χ1v) is 11.5. The van der Waals surface area contributed by atoms with E-state index in [-0.39, 0.29) is 25.3 Å². The molecule has 1 aliphatic heterocycles. The third-order valence-electron chi connectivity index (χ3n) is 6.89. The van der Waals surface area contributed by atoms with Crippen LogP contribution in [0.2, 0.25) is 0 Å². The Labute approximate surface area is 210 Å². The molecule has 1 fully saturated rings. The third-order valence-corrected chi connectivity index (χ3v) is 6.89. The fourth-order valence-electron chi connectivity index (χ4n) is 5.10. The topological polar surface area (TPSA) is 163 Å². The number of ketones is 1. The Kier molecular flexibility index (Phi) is 9.17. The van der Waals surface area contributed by atoms with Gasteiger partial charge in [0.1, 0.15) is 0 Å². The first kappa shape index (κ1) is 28.7. The van der Waals surface area contributed by atoms with E-state index < -0.39 is 41.0 Å². The van der Waals surface area contributed by atoms with Crippen molar-refractivity contribution in [1.29, 1.82) is 0 Å². The molecule has 0 bridgehead atoms. The summed E-state index contributed by atoms with van der Waals surface area (Å²) in [6.45, 7) is 6.92. The van der Waals surface area contributed by atoms with Crippen LogP contribution in [0.3, 0.4) is 0 Å². The van der Waals surface area contributed by atoms with Crippen LogP contribution in [0.5, 0.6) is 11.5 Å². The van der Waals surface area contributed by atoms with E-state index in [0.29, 0.717) is 17.1 Å². The molecule has 1 heterocycles. The number of carbonyl (C=O) groups is 3. The average molecular weight is 506 g/mol. The molecule has 36 heavy (non-hydrogen) atoms. The number of likely N-dealkylation sites (tertiary alicyclic amines) is 1. The second kappa shape index (κ2) is 11.5. The van der Waals surface area contributed by atoms with Crippen molar-refractivity contribution in [2.75, 3.05) is 34.4 Å². The summed E-state index contributed by atoms with van der Waals surface area (Å²) in [4.78, 5) is 42.3. The molecule has 1 aromatic carbocycles. The van der Waals surface area contributed by atoms with E-state index in [4.69, 9.17) is 19.7 Å². The molecule has 2 amide bonds. The summed E-state index contributed by atoms with van der Waals surface area (Å²) in [5, 5.41) is 16.4. The molecule has 2 rings (SSSR count). The van der Waals surface area contributed by atoms with Crippen molar-refractivity contribution >= 4 is 17.8 Å². The van der Waals surface area contributed by atoms with Gasteiger partial charge in [-0.05, 0) is 35.6 Å². The molecule has 0 saturated carbocycles. The minimum Gasteiger partial charge on any atom is -0.493 e. The van der Waals surface area contributed by atoms with Crippen molar-refractivity contribution in [2.24, 2.45) is 16.4 Å². The Morgan fingerprint density at radius 3 is 2.39 bits per heavy atom. The molecule has 1 saturated heterocycles. The van der Waals surface area contributed by atoms with Crippen molar-refractivity contribution in [3.63, 3.8) is 0 Å². The summed E-state index contributed by atoms with van der Waals surface area (Å²) in [6.07, 6.45) is -1.89. The maximum absolute atomic E-state index is 13.2. The maximum atomic E-state index is 13.2. The van der Waals surface area contributed by atoms with Gasteiger partial charge >= 0.3 is 6.09 Å². The smallest absolute Gasteiger partial charge is 0.407 e. The summed E-state index contributed by atoms with van der Waals surface area (Å²) in [5.74, 6) is -0.789. The zero-order chi connectivity index (χ0) is 27.3. The average Bonchev–Trinajstić information content (AvgIpc) is 3.23. The van der Waals surface area contributed by atoms with Gasteiger partial charge in [0.25, 0.3) is 0 Å². The van der Waals surface area contributed by atoms with E-state index in [2.05, 4.69) is 15.3 Å². The van der Waals surface area contributed by atoms with E-state index in [1.165, 1.54) is 32.3 Å². The van der Waals surface area contributed by atoms with Crippen molar-refractivity contribution < 1.29 is 33.7 Å². The Hall–Kier alpha value is -3.50. The first-order chi connectivity index (χ1) is 16.9. The summed E-state index contributed by atoms with van der Waals surface area (Å²) < 4.78 is 16.2. The second-order valence-corrected chi connectivity index (χ2v) is 9.79. The molecule has 12 nitrogen and oxygen atoms in total. The highest BCUT2D eigenvalue weighted by atomic mass is 16.5. The van der Waals surface area contributed by atoms with Gasteiger partial charge in [-0.3, -0.25) is 14.5 Å². The van der Waals surface area contributed by atoms with Crippen LogP contribution < -0.4 is 14.8 Å². The van der Waals surface area contributed by atoms with Gasteiger partial charge in [0.15, 0.2) is 17.3 Å². The molecule has 1 aliphatic rings. The maximum Gasteiger partial charge on any atom is 0.407 e. The summed E-state index contributed by atoms with van der Waals surface area (Å²) in [7, 11) is 4.36. The van der Waals surface area contributed by atoms with Crippen molar-refractivity contribution in [3.8, 4) is 11.5 Å². The number of amides is 2. The summed E-state index contributed by atoms with van der Waals surface area (Å²) >= 11 is 0. The Bertz CT molecular complexity index is 1030. The number of nitrogens with zero attached hydrogens (tertiary/aromatic N) is 4. The molecule has 0 spiro atoms. The Morgan fingerprint density at radius 1 is 1.25 bits per heavy atom. The quantitative estimate of drug-likeness (QED) is 0.213. The number of nitrogens with one attached hydrogen (secondary N) is 1. The molecule has 0 radical (unpaired) electrons. The summed E-state index contributed by atoms with van der Waals surface area (Å²) in [6, 6.07) is 4.10. The molecule has 2 N–H and O–H groups in total. The van der Waals surface area contributed by atoms with Crippen LogP contribution in [-0.4, -0.2) is 79.9 Å². The monoisotopic (exact) mass is 505 g/mol. The first-order valence-electron chi connectivity index (χ1n) is 11.5. The number of rotatable bonds is 10. The van der Waals surface area contributed by atoms with Gasteiger partial charge in [-0.25, -0.2) is 4.79 Å². The van der Waals surface area contributed by atoms with E-state index in [0.717, 1.165) is 0 Å². The number of hydrogen-bond acceptors (Lipinski definition) is 7. The van der Waals surface area contributed by atoms with Crippen molar-refractivity contribution in [1.82, 2.24) is 10.2 Å². The van der Waals surface area contributed by atoms with Crippen LogP contribution in [-0.2, 0) is 9.53 Å². The zero-order valence-electron chi connectivity index (χ0n) is 21.8. The molecule has 4 atom stereocenters. The lowest BCUT2D eigenvalue weighted by molar-refractivity contribution is -0.141. The van der Waals surface area contributed by atoms with Crippen LogP contribution >= 0.6 is 0 Å². The second-order valence-electron chi connectivity index (χ2n) is 9.79. The van der Waals surface area contributed by atoms with Gasteiger partial charge in [-0.2, -0.15) is 0 Å². The Morgan fingerprint density at radius 2 is 1.89 bits per heavy atom.